The number of alkyl halides is 2. The molecule has 0 saturated heterocycles. The van der Waals surface area contributed by atoms with Crippen LogP contribution in [0, 0.1) is 71.0 Å². The highest BCUT2D eigenvalue weighted by Crippen LogP contribution is 2.48. The van der Waals surface area contributed by atoms with Gasteiger partial charge >= 0.3 is 0 Å². The standard InChI is InChI=1S/C48H88Cl2O6/c1-5-42(46-11-6-8-40(29-46)34-50)31-48(44-16-12-38(33-49)13-17-44)32-47(28-37(2)45-10-7-9-41(30-45)36-55-23-21-52-4)43-18-14-39(15-19-43)35-56-27-26-54-25-24-53-22-20-51-3/h37-48H,5-36H2,1-4H3. The van der Waals surface area contributed by atoms with Crippen LogP contribution < -0.4 is 0 Å². The number of hydrogen-bond acceptors (Lipinski definition) is 6. The third-order valence-electron chi connectivity index (χ3n) is 15.4. The lowest BCUT2D eigenvalue weighted by molar-refractivity contribution is -0.00625. The average Bonchev–Trinajstić information content (AvgIpc) is 3.24. The Labute approximate surface area is 355 Å². The Morgan fingerprint density at radius 2 is 0.911 bits per heavy atom. The first-order valence-electron chi connectivity index (χ1n) is 23.9. The lowest BCUT2D eigenvalue weighted by Gasteiger charge is -2.43. The van der Waals surface area contributed by atoms with Gasteiger partial charge in [-0.15, -0.1) is 23.2 Å². The second kappa shape index (κ2) is 29.6. The summed E-state index contributed by atoms with van der Waals surface area (Å²) in [6.45, 7) is 12.2. The fourth-order valence-electron chi connectivity index (χ4n) is 11.9. The Balaban J connectivity index is 1.39. The van der Waals surface area contributed by atoms with E-state index in [4.69, 9.17) is 51.6 Å². The van der Waals surface area contributed by atoms with E-state index in [9.17, 15) is 0 Å². The Kier molecular flexibility index (Phi) is 25.9. The molecule has 0 heterocycles. The van der Waals surface area contributed by atoms with E-state index in [1.165, 1.54) is 128 Å². The van der Waals surface area contributed by atoms with Gasteiger partial charge in [0.15, 0.2) is 0 Å². The molecule has 0 amide bonds. The van der Waals surface area contributed by atoms with E-state index in [1.807, 2.05) is 0 Å². The summed E-state index contributed by atoms with van der Waals surface area (Å²) in [7, 11) is 3.47. The minimum atomic E-state index is 0.613. The molecule has 0 N–H and O–H groups in total. The molecule has 0 aromatic carbocycles. The van der Waals surface area contributed by atoms with Crippen molar-refractivity contribution in [3.63, 3.8) is 0 Å². The van der Waals surface area contributed by atoms with Crippen molar-refractivity contribution in [2.45, 2.75) is 142 Å². The minimum absolute atomic E-state index is 0.613. The predicted octanol–water partition coefficient (Wildman–Crippen LogP) is 12.1. The first-order chi connectivity index (χ1) is 27.5. The van der Waals surface area contributed by atoms with Gasteiger partial charge in [-0.1, -0.05) is 46.0 Å². The summed E-state index contributed by atoms with van der Waals surface area (Å²) < 4.78 is 33.8. The van der Waals surface area contributed by atoms with Gasteiger partial charge in [-0.3, -0.25) is 0 Å². The molecule has 0 bridgehead atoms. The largest absolute Gasteiger partial charge is 0.382 e. The maximum absolute atomic E-state index is 6.50. The fraction of sp³-hybridized carbons (Fsp3) is 1.00. The van der Waals surface area contributed by atoms with Gasteiger partial charge in [0, 0.05) is 39.2 Å². The van der Waals surface area contributed by atoms with Crippen molar-refractivity contribution in [3.8, 4) is 0 Å². The van der Waals surface area contributed by atoms with Gasteiger partial charge in [-0.05, 0) is 167 Å². The molecule has 4 aliphatic rings. The van der Waals surface area contributed by atoms with Gasteiger partial charge in [0.2, 0.25) is 0 Å². The zero-order valence-corrected chi connectivity index (χ0v) is 38.3. The summed E-state index contributed by atoms with van der Waals surface area (Å²) in [6.07, 6.45) is 27.5. The van der Waals surface area contributed by atoms with Crippen LogP contribution in [0.5, 0.6) is 0 Å². The molecule has 4 rings (SSSR count). The molecular weight excluding hydrogens is 743 g/mol. The van der Waals surface area contributed by atoms with Gasteiger partial charge in [-0.25, -0.2) is 0 Å². The van der Waals surface area contributed by atoms with Crippen LogP contribution in [0.2, 0.25) is 0 Å². The summed E-state index contributed by atoms with van der Waals surface area (Å²) in [5.74, 6) is 11.3. The molecule has 0 radical (unpaired) electrons. The van der Waals surface area contributed by atoms with Crippen LogP contribution in [0.15, 0.2) is 0 Å². The summed E-state index contributed by atoms with van der Waals surface area (Å²) in [6, 6.07) is 0. The van der Waals surface area contributed by atoms with E-state index in [-0.39, 0.29) is 0 Å². The third kappa shape index (κ3) is 18.1. The first kappa shape index (κ1) is 49.0. The lowest BCUT2D eigenvalue weighted by atomic mass is 9.63. The van der Waals surface area contributed by atoms with Gasteiger partial charge in [-0.2, -0.15) is 0 Å². The molecule has 8 heteroatoms. The Morgan fingerprint density at radius 1 is 0.446 bits per heavy atom. The quantitative estimate of drug-likeness (QED) is 0.0553. The van der Waals surface area contributed by atoms with Gasteiger partial charge in [0.25, 0.3) is 0 Å². The van der Waals surface area contributed by atoms with E-state index in [2.05, 4.69) is 13.8 Å². The van der Waals surface area contributed by atoms with E-state index >= 15 is 0 Å². The molecule has 8 unspecified atom stereocenters. The number of rotatable bonds is 29. The Morgan fingerprint density at radius 3 is 1.50 bits per heavy atom. The van der Waals surface area contributed by atoms with Crippen LogP contribution in [-0.2, 0) is 28.4 Å². The van der Waals surface area contributed by atoms with Crippen LogP contribution in [0.3, 0.4) is 0 Å². The summed E-state index contributed by atoms with van der Waals surface area (Å²) in [5, 5.41) is 0. The first-order valence-corrected chi connectivity index (χ1v) is 24.9. The molecule has 56 heavy (non-hydrogen) atoms. The van der Waals surface area contributed by atoms with Gasteiger partial charge in [0.1, 0.15) is 0 Å². The maximum atomic E-state index is 6.50. The van der Waals surface area contributed by atoms with Crippen LogP contribution in [0.25, 0.3) is 0 Å². The van der Waals surface area contributed by atoms with E-state index < -0.39 is 0 Å². The van der Waals surface area contributed by atoms with E-state index in [0.717, 1.165) is 90.8 Å². The van der Waals surface area contributed by atoms with Crippen LogP contribution in [0.1, 0.15) is 142 Å². The van der Waals surface area contributed by atoms with Crippen LogP contribution in [0.4, 0.5) is 0 Å². The highest BCUT2D eigenvalue weighted by Gasteiger charge is 2.38. The number of halogens is 2. The maximum Gasteiger partial charge on any atom is 0.0701 e. The third-order valence-corrected chi connectivity index (χ3v) is 16.3. The molecule has 330 valence electrons. The van der Waals surface area contributed by atoms with Crippen molar-refractivity contribution < 1.29 is 28.4 Å². The smallest absolute Gasteiger partial charge is 0.0701 e. The van der Waals surface area contributed by atoms with E-state index in [1.54, 1.807) is 14.2 Å². The topological polar surface area (TPSA) is 55.4 Å². The molecule has 0 aliphatic heterocycles. The molecule has 4 saturated carbocycles. The second-order valence-electron chi connectivity index (χ2n) is 19.2. The van der Waals surface area contributed by atoms with Gasteiger partial charge < -0.3 is 28.4 Å². The van der Waals surface area contributed by atoms with Crippen molar-refractivity contribution in [1.82, 2.24) is 0 Å². The second-order valence-corrected chi connectivity index (χ2v) is 19.8. The lowest BCUT2D eigenvalue weighted by Crippen LogP contribution is -2.33. The average molecular weight is 832 g/mol. The number of ether oxygens (including phenoxy) is 6. The van der Waals surface area contributed by atoms with Gasteiger partial charge in [0.05, 0.1) is 52.9 Å². The Bertz CT molecular complexity index is 943. The van der Waals surface area contributed by atoms with Crippen molar-refractivity contribution in [3.05, 3.63) is 0 Å². The van der Waals surface area contributed by atoms with Crippen molar-refractivity contribution in [2.75, 3.05) is 92.0 Å². The zero-order valence-electron chi connectivity index (χ0n) is 36.8. The van der Waals surface area contributed by atoms with Crippen molar-refractivity contribution in [2.24, 2.45) is 71.0 Å². The number of hydrogen-bond donors (Lipinski definition) is 0. The molecule has 0 aromatic heterocycles. The molecule has 4 aliphatic carbocycles. The van der Waals surface area contributed by atoms with Crippen molar-refractivity contribution in [1.29, 1.82) is 0 Å². The molecule has 6 nitrogen and oxygen atoms in total. The fourth-order valence-corrected chi connectivity index (χ4v) is 12.5. The van der Waals surface area contributed by atoms with E-state index in [0.29, 0.717) is 58.1 Å². The molecule has 0 aromatic rings. The molecule has 8 atom stereocenters. The molecular formula is C48H88Cl2O6. The zero-order chi connectivity index (χ0) is 39.8. The SMILES string of the molecule is CCC(CC(CC(CC(C)C1CCCC(COCCOC)C1)C1CCC(COCCOCCOCCOC)CC1)C1CCC(CCl)CC1)C1CCCC(CCl)C1. The highest BCUT2D eigenvalue weighted by atomic mass is 35.5. The predicted molar refractivity (Wildman–Crippen MR) is 234 cm³/mol. The van der Waals surface area contributed by atoms with Crippen LogP contribution >= 0.6 is 23.2 Å². The normalized spacial score (nSPS) is 31.2. The van der Waals surface area contributed by atoms with Crippen LogP contribution in [-0.4, -0.2) is 92.0 Å². The Hall–Kier alpha value is 0.340. The minimum Gasteiger partial charge on any atom is -0.382 e. The highest BCUT2D eigenvalue weighted by molar-refractivity contribution is 6.18. The summed E-state index contributed by atoms with van der Waals surface area (Å²) >= 11 is 13.0. The van der Waals surface area contributed by atoms with Crippen molar-refractivity contribution >= 4 is 23.2 Å². The molecule has 4 fully saturated rings. The summed E-state index contributed by atoms with van der Waals surface area (Å²) in [4.78, 5) is 0. The number of methoxy groups -OCH3 is 2. The monoisotopic (exact) mass is 831 g/mol. The molecule has 0 spiro atoms. The summed E-state index contributed by atoms with van der Waals surface area (Å²) in [5.41, 5.74) is 0.